The number of ketones is 1. The van der Waals surface area contributed by atoms with Gasteiger partial charge < -0.3 is 4.90 Å². The molecule has 1 aliphatic heterocycles. The van der Waals surface area contributed by atoms with Crippen LogP contribution in [0.5, 0.6) is 0 Å². The number of Topliss-reactive ketones (excluding diaryl/α,β-unsaturated/α-hetero) is 1. The molecular formula is C14H18FNO. The molecule has 1 aliphatic rings. The number of nitrogens with zero attached hydrogens (tertiary/aromatic N) is 1. The molecule has 2 nitrogen and oxygen atoms in total. The minimum atomic E-state index is -0.190. The first-order valence-corrected chi connectivity index (χ1v) is 6.14. The van der Waals surface area contributed by atoms with Gasteiger partial charge in [0, 0.05) is 32.5 Å². The Bertz CT molecular complexity index is 378. The molecule has 0 bridgehead atoms. The largest absolute Gasteiger partial charge is 0.302 e. The molecular weight excluding hydrogens is 217 g/mol. The summed E-state index contributed by atoms with van der Waals surface area (Å²) < 4.78 is 12.8. The molecule has 0 spiro atoms. The fraction of sp³-hybridized carbons (Fsp3) is 0.500. The van der Waals surface area contributed by atoms with Crippen molar-refractivity contribution in [3.05, 3.63) is 35.6 Å². The summed E-state index contributed by atoms with van der Waals surface area (Å²) in [5, 5.41) is 0. The van der Waals surface area contributed by atoms with Crippen molar-refractivity contribution < 1.29 is 9.18 Å². The SMILES string of the molecule is CC(CN1CCC(=O)CC1)c1ccc(F)cc1. The van der Waals surface area contributed by atoms with Crippen molar-refractivity contribution in [3.8, 4) is 0 Å². The summed E-state index contributed by atoms with van der Waals surface area (Å²) in [5.41, 5.74) is 1.16. The van der Waals surface area contributed by atoms with Crippen molar-refractivity contribution in [2.75, 3.05) is 19.6 Å². The van der Waals surface area contributed by atoms with Gasteiger partial charge in [-0.2, -0.15) is 0 Å². The van der Waals surface area contributed by atoms with E-state index in [1.807, 2.05) is 12.1 Å². The molecule has 0 N–H and O–H groups in total. The third kappa shape index (κ3) is 3.37. The molecule has 1 saturated heterocycles. The molecule has 3 heteroatoms. The minimum Gasteiger partial charge on any atom is -0.302 e. The summed E-state index contributed by atoms with van der Waals surface area (Å²) in [6.07, 6.45) is 1.35. The normalized spacial score (nSPS) is 19.3. The van der Waals surface area contributed by atoms with Gasteiger partial charge >= 0.3 is 0 Å². The van der Waals surface area contributed by atoms with Crippen LogP contribution in [0, 0.1) is 5.82 Å². The van der Waals surface area contributed by atoms with Crippen molar-refractivity contribution in [1.82, 2.24) is 4.90 Å². The predicted octanol–water partition coefficient (Wildman–Crippen LogP) is 2.59. The lowest BCUT2D eigenvalue weighted by molar-refractivity contribution is -0.121. The van der Waals surface area contributed by atoms with Gasteiger partial charge in [-0.05, 0) is 23.6 Å². The van der Waals surface area contributed by atoms with Crippen molar-refractivity contribution in [3.63, 3.8) is 0 Å². The summed E-state index contributed by atoms with van der Waals surface area (Å²) in [6.45, 7) is 4.82. The molecule has 0 aliphatic carbocycles. The molecule has 0 aromatic heterocycles. The first kappa shape index (κ1) is 12.2. The van der Waals surface area contributed by atoms with Gasteiger partial charge in [-0.15, -0.1) is 0 Å². The summed E-state index contributed by atoms with van der Waals surface area (Å²) in [4.78, 5) is 13.4. The van der Waals surface area contributed by atoms with Gasteiger partial charge in [-0.25, -0.2) is 4.39 Å². The molecule has 17 heavy (non-hydrogen) atoms. The first-order chi connectivity index (χ1) is 8.15. The van der Waals surface area contributed by atoms with Crippen molar-refractivity contribution in [2.45, 2.75) is 25.7 Å². The van der Waals surface area contributed by atoms with Gasteiger partial charge in [-0.3, -0.25) is 4.79 Å². The fourth-order valence-corrected chi connectivity index (χ4v) is 2.27. The van der Waals surface area contributed by atoms with E-state index in [0.717, 1.165) is 25.2 Å². The molecule has 1 atom stereocenters. The molecule has 1 aromatic carbocycles. The maximum Gasteiger partial charge on any atom is 0.135 e. The summed E-state index contributed by atoms with van der Waals surface area (Å²) in [7, 11) is 0. The molecule has 92 valence electrons. The number of hydrogen-bond donors (Lipinski definition) is 0. The van der Waals surface area contributed by atoms with E-state index in [-0.39, 0.29) is 5.82 Å². The Hall–Kier alpha value is -1.22. The standard InChI is InChI=1S/C14H18FNO/c1-11(12-2-4-13(15)5-3-12)10-16-8-6-14(17)7-9-16/h2-5,11H,6-10H2,1H3. The molecule has 0 saturated carbocycles. The zero-order chi connectivity index (χ0) is 12.3. The molecule has 1 heterocycles. The third-order valence-corrected chi connectivity index (χ3v) is 3.38. The zero-order valence-electron chi connectivity index (χ0n) is 10.2. The van der Waals surface area contributed by atoms with Gasteiger partial charge in [-0.1, -0.05) is 19.1 Å². The molecule has 0 amide bonds. The Morgan fingerprint density at radius 3 is 2.41 bits per heavy atom. The molecule has 0 radical (unpaired) electrons. The highest BCUT2D eigenvalue weighted by Crippen LogP contribution is 2.18. The lowest BCUT2D eigenvalue weighted by Crippen LogP contribution is -2.36. The number of benzene rings is 1. The Balaban J connectivity index is 1.90. The Labute approximate surface area is 101 Å². The van der Waals surface area contributed by atoms with Crippen molar-refractivity contribution >= 4 is 5.78 Å². The Kier molecular flexibility index (Phi) is 3.89. The number of carbonyl (C=O) groups excluding carboxylic acids is 1. The van der Waals surface area contributed by atoms with E-state index in [4.69, 9.17) is 0 Å². The number of likely N-dealkylation sites (tertiary alicyclic amines) is 1. The van der Waals surface area contributed by atoms with Crippen LogP contribution >= 0.6 is 0 Å². The Morgan fingerprint density at radius 1 is 1.24 bits per heavy atom. The average molecular weight is 235 g/mol. The van der Waals surface area contributed by atoms with E-state index in [2.05, 4.69) is 11.8 Å². The lowest BCUT2D eigenvalue weighted by Gasteiger charge is -2.28. The minimum absolute atomic E-state index is 0.190. The van der Waals surface area contributed by atoms with Crippen LogP contribution in [0.15, 0.2) is 24.3 Å². The summed E-state index contributed by atoms with van der Waals surface area (Å²) in [5.74, 6) is 0.559. The van der Waals surface area contributed by atoms with E-state index in [1.54, 1.807) is 0 Å². The van der Waals surface area contributed by atoms with Gasteiger partial charge in [0.2, 0.25) is 0 Å². The lowest BCUT2D eigenvalue weighted by atomic mass is 9.99. The van der Waals surface area contributed by atoms with E-state index in [9.17, 15) is 9.18 Å². The van der Waals surface area contributed by atoms with Crippen LogP contribution in [0.25, 0.3) is 0 Å². The van der Waals surface area contributed by atoms with Crippen LogP contribution in [-0.2, 0) is 4.79 Å². The second kappa shape index (κ2) is 5.41. The quantitative estimate of drug-likeness (QED) is 0.802. The summed E-state index contributed by atoms with van der Waals surface area (Å²) >= 11 is 0. The molecule has 2 rings (SSSR count). The second-order valence-electron chi connectivity index (χ2n) is 4.79. The third-order valence-electron chi connectivity index (χ3n) is 3.38. The smallest absolute Gasteiger partial charge is 0.135 e. The molecule has 1 aromatic rings. The molecule has 1 fully saturated rings. The number of piperidine rings is 1. The predicted molar refractivity (Wildman–Crippen MR) is 65.5 cm³/mol. The number of rotatable bonds is 3. The van der Waals surface area contributed by atoms with Crippen molar-refractivity contribution in [1.29, 1.82) is 0 Å². The first-order valence-electron chi connectivity index (χ1n) is 6.14. The average Bonchev–Trinajstić information content (AvgIpc) is 2.33. The maximum absolute atomic E-state index is 12.8. The van der Waals surface area contributed by atoms with Crippen LogP contribution in [0.3, 0.4) is 0 Å². The second-order valence-corrected chi connectivity index (χ2v) is 4.79. The van der Waals surface area contributed by atoms with Crippen molar-refractivity contribution in [2.24, 2.45) is 0 Å². The monoisotopic (exact) mass is 235 g/mol. The topological polar surface area (TPSA) is 20.3 Å². The zero-order valence-corrected chi connectivity index (χ0v) is 10.2. The highest BCUT2D eigenvalue weighted by molar-refractivity contribution is 5.79. The van der Waals surface area contributed by atoms with Crippen LogP contribution in [0.4, 0.5) is 4.39 Å². The van der Waals surface area contributed by atoms with Gasteiger partial charge in [0.1, 0.15) is 11.6 Å². The van der Waals surface area contributed by atoms with Crippen LogP contribution < -0.4 is 0 Å². The van der Waals surface area contributed by atoms with Crippen LogP contribution in [0.1, 0.15) is 31.2 Å². The highest BCUT2D eigenvalue weighted by atomic mass is 19.1. The van der Waals surface area contributed by atoms with Crippen LogP contribution in [-0.4, -0.2) is 30.3 Å². The van der Waals surface area contributed by atoms with Gasteiger partial charge in [0.15, 0.2) is 0 Å². The van der Waals surface area contributed by atoms with Gasteiger partial charge in [0.05, 0.1) is 0 Å². The summed E-state index contributed by atoms with van der Waals surface area (Å²) in [6, 6.07) is 6.70. The molecule has 1 unspecified atom stereocenters. The maximum atomic E-state index is 12.8. The number of halogens is 1. The highest BCUT2D eigenvalue weighted by Gasteiger charge is 2.18. The van der Waals surface area contributed by atoms with E-state index >= 15 is 0 Å². The number of hydrogen-bond acceptors (Lipinski definition) is 2. The van der Waals surface area contributed by atoms with E-state index in [1.165, 1.54) is 12.1 Å². The fourth-order valence-electron chi connectivity index (χ4n) is 2.27. The van der Waals surface area contributed by atoms with E-state index < -0.39 is 0 Å². The Morgan fingerprint density at radius 2 is 1.82 bits per heavy atom. The van der Waals surface area contributed by atoms with E-state index in [0.29, 0.717) is 24.5 Å². The van der Waals surface area contributed by atoms with Gasteiger partial charge in [0.25, 0.3) is 0 Å². The van der Waals surface area contributed by atoms with Crippen LogP contribution in [0.2, 0.25) is 0 Å². The number of carbonyl (C=O) groups is 1.